The third-order valence-corrected chi connectivity index (χ3v) is 2.29. The number of halogens is 1. The molecule has 0 saturated carbocycles. The maximum Gasteiger partial charge on any atom is 0.174 e. The van der Waals surface area contributed by atoms with Crippen LogP contribution in [0.15, 0.2) is 12.2 Å². The van der Waals surface area contributed by atoms with Gasteiger partial charge in [0, 0.05) is 25.7 Å². The van der Waals surface area contributed by atoms with E-state index in [1.54, 1.807) is 0 Å². The maximum atomic E-state index is 11.8. The SMILES string of the molecule is N#CC(C(=O)C=CCF)C1CNCCN1. The Morgan fingerprint density at radius 3 is 3.00 bits per heavy atom. The van der Waals surface area contributed by atoms with Crippen LogP contribution >= 0.6 is 0 Å². The van der Waals surface area contributed by atoms with Gasteiger partial charge in [-0.25, -0.2) is 4.39 Å². The zero-order valence-corrected chi connectivity index (χ0v) is 8.37. The van der Waals surface area contributed by atoms with E-state index in [0.717, 1.165) is 25.2 Å². The number of ketones is 1. The van der Waals surface area contributed by atoms with Crippen LogP contribution in [-0.4, -0.2) is 38.1 Å². The number of carbonyl (C=O) groups excluding carboxylic acids is 1. The first-order valence-electron chi connectivity index (χ1n) is 4.89. The summed E-state index contributed by atoms with van der Waals surface area (Å²) in [4.78, 5) is 11.5. The highest BCUT2D eigenvalue weighted by atomic mass is 19.1. The van der Waals surface area contributed by atoms with Crippen molar-refractivity contribution in [1.82, 2.24) is 10.6 Å². The number of alkyl halides is 1. The van der Waals surface area contributed by atoms with Crippen LogP contribution in [0.2, 0.25) is 0 Å². The van der Waals surface area contributed by atoms with Crippen LogP contribution in [0.5, 0.6) is 0 Å². The Bertz CT molecular complexity index is 279. The zero-order chi connectivity index (χ0) is 11.1. The van der Waals surface area contributed by atoms with Gasteiger partial charge in [0.05, 0.1) is 6.07 Å². The molecule has 0 bridgehead atoms. The van der Waals surface area contributed by atoms with E-state index in [2.05, 4.69) is 10.6 Å². The van der Waals surface area contributed by atoms with Crippen LogP contribution in [0.4, 0.5) is 4.39 Å². The number of piperazine rings is 1. The van der Waals surface area contributed by atoms with Gasteiger partial charge in [0.2, 0.25) is 0 Å². The lowest BCUT2D eigenvalue weighted by atomic mass is 9.95. The molecule has 2 N–H and O–H groups in total. The molecule has 1 heterocycles. The second-order valence-corrected chi connectivity index (χ2v) is 3.33. The molecule has 0 aromatic heterocycles. The Balaban J connectivity index is 2.58. The minimum Gasteiger partial charge on any atom is -0.314 e. The molecular weight excluding hydrogens is 197 g/mol. The summed E-state index contributed by atoms with van der Waals surface area (Å²) >= 11 is 0. The van der Waals surface area contributed by atoms with Crippen molar-refractivity contribution in [2.45, 2.75) is 6.04 Å². The Kier molecular flexibility index (Phi) is 4.95. The molecule has 82 valence electrons. The number of allylic oxidation sites excluding steroid dienone is 2. The van der Waals surface area contributed by atoms with E-state index in [1.807, 2.05) is 6.07 Å². The molecule has 1 rings (SSSR count). The summed E-state index contributed by atoms with van der Waals surface area (Å²) in [5.74, 6) is -1.07. The van der Waals surface area contributed by atoms with Gasteiger partial charge in [0.25, 0.3) is 0 Å². The lowest BCUT2D eigenvalue weighted by molar-refractivity contribution is -0.117. The van der Waals surface area contributed by atoms with Gasteiger partial charge in [-0.15, -0.1) is 0 Å². The number of nitrogens with one attached hydrogen (secondary N) is 2. The molecular formula is C10H14FN3O. The molecule has 15 heavy (non-hydrogen) atoms. The number of rotatable bonds is 4. The van der Waals surface area contributed by atoms with Crippen molar-refractivity contribution in [1.29, 1.82) is 5.26 Å². The zero-order valence-electron chi connectivity index (χ0n) is 8.37. The summed E-state index contributed by atoms with van der Waals surface area (Å²) in [6.45, 7) is 1.49. The fourth-order valence-corrected chi connectivity index (χ4v) is 1.53. The highest BCUT2D eigenvalue weighted by molar-refractivity contribution is 5.94. The summed E-state index contributed by atoms with van der Waals surface area (Å²) in [6.07, 6.45) is 2.27. The van der Waals surface area contributed by atoms with Gasteiger partial charge < -0.3 is 10.6 Å². The van der Waals surface area contributed by atoms with Crippen molar-refractivity contribution in [2.75, 3.05) is 26.3 Å². The third-order valence-electron chi connectivity index (χ3n) is 2.29. The minimum absolute atomic E-state index is 0.180. The third kappa shape index (κ3) is 3.42. The normalized spacial score (nSPS) is 23.6. The van der Waals surface area contributed by atoms with Crippen molar-refractivity contribution >= 4 is 5.78 Å². The lowest BCUT2D eigenvalue weighted by Crippen LogP contribution is -2.53. The summed E-state index contributed by atoms with van der Waals surface area (Å²) in [6, 6.07) is 1.77. The highest BCUT2D eigenvalue weighted by Crippen LogP contribution is 2.06. The van der Waals surface area contributed by atoms with Crippen LogP contribution < -0.4 is 10.6 Å². The van der Waals surface area contributed by atoms with Crippen molar-refractivity contribution in [3.8, 4) is 6.07 Å². The van der Waals surface area contributed by atoms with E-state index >= 15 is 0 Å². The smallest absolute Gasteiger partial charge is 0.174 e. The molecule has 0 radical (unpaired) electrons. The molecule has 2 atom stereocenters. The van der Waals surface area contributed by atoms with E-state index in [9.17, 15) is 9.18 Å². The molecule has 0 spiro atoms. The molecule has 4 nitrogen and oxygen atoms in total. The number of carbonyl (C=O) groups is 1. The molecule has 1 aliphatic heterocycles. The van der Waals surface area contributed by atoms with Crippen LogP contribution in [0.25, 0.3) is 0 Å². The molecule has 0 aromatic rings. The first-order chi connectivity index (χ1) is 7.29. The molecule has 0 amide bonds. The van der Waals surface area contributed by atoms with Crippen molar-refractivity contribution < 1.29 is 9.18 Å². The molecule has 1 fully saturated rings. The van der Waals surface area contributed by atoms with Gasteiger partial charge in [0.1, 0.15) is 12.6 Å². The summed E-state index contributed by atoms with van der Waals surface area (Å²) in [5.41, 5.74) is 0. The monoisotopic (exact) mass is 211 g/mol. The molecule has 0 aliphatic carbocycles. The van der Waals surface area contributed by atoms with Gasteiger partial charge in [-0.05, 0) is 6.08 Å². The van der Waals surface area contributed by atoms with Crippen molar-refractivity contribution in [2.24, 2.45) is 5.92 Å². The number of hydrogen-bond acceptors (Lipinski definition) is 4. The fourth-order valence-electron chi connectivity index (χ4n) is 1.53. The molecule has 1 saturated heterocycles. The Labute approximate surface area is 88.1 Å². The van der Waals surface area contributed by atoms with E-state index in [4.69, 9.17) is 5.26 Å². The second kappa shape index (κ2) is 6.27. The largest absolute Gasteiger partial charge is 0.314 e. The van der Waals surface area contributed by atoms with E-state index in [-0.39, 0.29) is 11.8 Å². The van der Waals surface area contributed by atoms with E-state index < -0.39 is 12.6 Å². The van der Waals surface area contributed by atoms with Crippen LogP contribution in [-0.2, 0) is 4.79 Å². The average Bonchev–Trinajstić information content (AvgIpc) is 2.29. The predicted molar refractivity (Wildman–Crippen MR) is 53.9 cm³/mol. The summed E-state index contributed by atoms with van der Waals surface area (Å²) < 4.78 is 11.8. The fraction of sp³-hybridized carbons (Fsp3) is 0.600. The lowest BCUT2D eigenvalue weighted by Gasteiger charge is -2.26. The number of nitrogens with zero attached hydrogens (tertiary/aromatic N) is 1. The van der Waals surface area contributed by atoms with Crippen molar-refractivity contribution in [3.63, 3.8) is 0 Å². The minimum atomic E-state index is -0.736. The van der Waals surface area contributed by atoms with Gasteiger partial charge in [-0.2, -0.15) is 5.26 Å². The molecule has 2 unspecified atom stereocenters. The number of nitriles is 1. The summed E-state index contributed by atoms with van der Waals surface area (Å²) in [5, 5.41) is 15.1. The number of hydrogen-bond donors (Lipinski definition) is 2. The standard InChI is InChI=1S/C10H14FN3O/c11-3-1-2-10(15)8(6-12)9-7-13-4-5-14-9/h1-2,8-9,13-14H,3-5,7H2. The second-order valence-electron chi connectivity index (χ2n) is 3.33. The Morgan fingerprint density at radius 2 is 2.47 bits per heavy atom. The van der Waals surface area contributed by atoms with Gasteiger partial charge in [-0.3, -0.25) is 4.79 Å². The van der Waals surface area contributed by atoms with Crippen molar-refractivity contribution in [3.05, 3.63) is 12.2 Å². The first kappa shape index (κ1) is 11.8. The Morgan fingerprint density at radius 1 is 1.67 bits per heavy atom. The maximum absolute atomic E-state index is 11.8. The highest BCUT2D eigenvalue weighted by Gasteiger charge is 2.27. The Hall–Kier alpha value is -1.25. The van der Waals surface area contributed by atoms with E-state index in [1.165, 1.54) is 0 Å². The van der Waals surface area contributed by atoms with Gasteiger partial charge in [-0.1, -0.05) is 6.08 Å². The predicted octanol–water partition coefficient (Wildman–Crippen LogP) is -0.218. The van der Waals surface area contributed by atoms with Gasteiger partial charge in [0.15, 0.2) is 5.78 Å². The molecule has 1 aliphatic rings. The summed E-state index contributed by atoms with van der Waals surface area (Å²) in [7, 11) is 0. The topological polar surface area (TPSA) is 64.9 Å². The van der Waals surface area contributed by atoms with E-state index in [0.29, 0.717) is 6.54 Å². The van der Waals surface area contributed by atoms with Crippen LogP contribution in [0, 0.1) is 17.2 Å². The first-order valence-corrected chi connectivity index (χ1v) is 4.89. The molecule has 0 aromatic carbocycles. The average molecular weight is 211 g/mol. The molecule has 5 heteroatoms. The van der Waals surface area contributed by atoms with Gasteiger partial charge >= 0.3 is 0 Å². The quantitative estimate of drug-likeness (QED) is 0.631. The van der Waals surface area contributed by atoms with Crippen LogP contribution in [0.3, 0.4) is 0 Å². The van der Waals surface area contributed by atoms with Crippen LogP contribution in [0.1, 0.15) is 0 Å².